The van der Waals surface area contributed by atoms with Crippen LogP contribution in [-0.2, 0) is 4.79 Å². The molecule has 0 heterocycles. The molecule has 0 fully saturated rings. The molecule has 0 radical (unpaired) electrons. The molecule has 0 aliphatic heterocycles. The molecule has 0 unspecified atom stereocenters. The van der Waals surface area contributed by atoms with Crippen LogP contribution in [0.25, 0.3) is 0 Å². The zero-order valence-corrected chi connectivity index (χ0v) is 8.13. The van der Waals surface area contributed by atoms with Crippen molar-refractivity contribution < 1.29 is 4.79 Å². The molecule has 0 saturated carbocycles. The standard InChI is InChI=1S/C10H12N2O2/c1-7(13)12-8-3-5-9(11-2)10(14)6-4-8/h3-6H,1-2H3,(H,11,14)(H,12,13). The van der Waals surface area contributed by atoms with Gasteiger partial charge in [0, 0.05) is 19.7 Å². The molecule has 1 aromatic carbocycles. The molecule has 1 amide bonds. The van der Waals surface area contributed by atoms with Crippen LogP contribution in [0, 0.1) is 0 Å². The minimum absolute atomic E-state index is 0.107. The predicted molar refractivity (Wildman–Crippen MR) is 56.6 cm³/mol. The van der Waals surface area contributed by atoms with Gasteiger partial charge in [-0.05, 0) is 24.3 Å². The lowest BCUT2D eigenvalue weighted by molar-refractivity contribution is -0.114. The molecule has 0 saturated heterocycles. The van der Waals surface area contributed by atoms with Gasteiger partial charge in [-0.15, -0.1) is 0 Å². The van der Waals surface area contributed by atoms with Crippen molar-refractivity contribution in [2.75, 3.05) is 17.7 Å². The summed E-state index contributed by atoms with van der Waals surface area (Å²) in [5.74, 6) is -0.158. The Morgan fingerprint density at radius 2 is 1.86 bits per heavy atom. The molecule has 2 N–H and O–H groups in total. The Labute approximate surface area is 82.0 Å². The third kappa shape index (κ3) is 2.58. The minimum Gasteiger partial charge on any atom is -0.385 e. The normalized spacial score (nSPS) is 9.29. The van der Waals surface area contributed by atoms with Gasteiger partial charge >= 0.3 is 0 Å². The van der Waals surface area contributed by atoms with E-state index in [0.717, 1.165) is 0 Å². The topological polar surface area (TPSA) is 58.2 Å². The highest BCUT2D eigenvalue weighted by molar-refractivity contribution is 5.88. The lowest BCUT2D eigenvalue weighted by Gasteiger charge is -1.96. The van der Waals surface area contributed by atoms with E-state index in [4.69, 9.17) is 0 Å². The van der Waals surface area contributed by atoms with E-state index in [1.165, 1.54) is 13.0 Å². The lowest BCUT2D eigenvalue weighted by atomic mass is 10.4. The monoisotopic (exact) mass is 192 g/mol. The van der Waals surface area contributed by atoms with Gasteiger partial charge in [-0.25, -0.2) is 0 Å². The third-order valence-electron chi connectivity index (χ3n) is 1.70. The van der Waals surface area contributed by atoms with Crippen LogP contribution < -0.4 is 16.1 Å². The van der Waals surface area contributed by atoms with Crippen molar-refractivity contribution in [1.29, 1.82) is 0 Å². The van der Waals surface area contributed by atoms with Crippen LogP contribution in [0.1, 0.15) is 6.92 Å². The molecular formula is C10H12N2O2. The highest BCUT2D eigenvalue weighted by atomic mass is 16.1. The Bertz CT molecular complexity index is 402. The number of hydrogen-bond acceptors (Lipinski definition) is 3. The van der Waals surface area contributed by atoms with Gasteiger partial charge in [0.1, 0.15) is 0 Å². The van der Waals surface area contributed by atoms with Crippen molar-refractivity contribution in [2.24, 2.45) is 0 Å². The van der Waals surface area contributed by atoms with E-state index in [1.807, 2.05) is 0 Å². The third-order valence-corrected chi connectivity index (χ3v) is 1.70. The Morgan fingerprint density at radius 3 is 2.43 bits per heavy atom. The van der Waals surface area contributed by atoms with Crippen LogP contribution >= 0.6 is 0 Å². The smallest absolute Gasteiger partial charge is 0.221 e. The summed E-state index contributed by atoms with van der Waals surface area (Å²) in [6, 6.07) is 6.30. The number of anilines is 2. The largest absolute Gasteiger partial charge is 0.385 e. The van der Waals surface area contributed by atoms with Crippen molar-refractivity contribution in [1.82, 2.24) is 0 Å². The number of hydrogen-bond donors (Lipinski definition) is 2. The summed E-state index contributed by atoms with van der Waals surface area (Å²) < 4.78 is 0. The van der Waals surface area contributed by atoms with Crippen molar-refractivity contribution in [3.8, 4) is 0 Å². The van der Waals surface area contributed by atoms with Crippen molar-refractivity contribution in [2.45, 2.75) is 6.92 Å². The molecule has 0 atom stereocenters. The van der Waals surface area contributed by atoms with E-state index in [9.17, 15) is 9.59 Å². The number of rotatable bonds is 2. The maximum atomic E-state index is 11.3. The average molecular weight is 192 g/mol. The quantitative estimate of drug-likeness (QED) is 0.736. The van der Waals surface area contributed by atoms with Crippen molar-refractivity contribution >= 4 is 17.3 Å². The van der Waals surface area contributed by atoms with Crippen LogP contribution in [-0.4, -0.2) is 13.0 Å². The molecule has 1 aromatic rings. The zero-order chi connectivity index (χ0) is 10.6. The number of carbonyl (C=O) groups excluding carboxylic acids is 1. The molecule has 4 nitrogen and oxygen atoms in total. The average Bonchev–Trinajstić information content (AvgIpc) is 2.28. The van der Waals surface area contributed by atoms with Crippen LogP contribution in [0.4, 0.5) is 11.4 Å². The van der Waals surface area contributed by atoms with E-state index in [-0.39, 0.29) is 11.3 Å². The molecule has 14 heavy (non-hydrogen) atoms. The molecule has 0 aliphatic rings. The molecule has 0 bridgehead atoms. The predicted octanol–water partition coefficient (Wildman–Crippen LogP) is 1.05. The van der Waals surface area contributed by atoms with Gasteiger partial charge < -0.3 is 10.6 Å². The highest BCUT2D eigenvalue weighted by Crippen LogP contribution is 2.05. The van der Waals surface area contributed by atoms with Crippen molar-refractivity contribution in [3.05, 3.63) is 34.5 Å². The fourth-order valence-electron chi connectivity index (χ4n) is 1.06. The second-order valence-corrected chi connectivity index (χ2v) is 2.83. The molecule has 74 valence electrons. The summed E-state index contributed by atoms with van der Waals surface area (Å²) >= 11 is 0. The van der Waals surface area contributed by atoms with Gasteiger partial charge in [0.25, 0.3) is 0 Å². The van der Waals surface area contributed by atoms with E-state index in [2.05, 4.69) is 10.6 Å². The summed E-state index contributed by atoms with van der Waals surface area (Å²) in [4.78, 5) is 22.1. The van der Waals surface area contributed by atoms with E-state index < -0.39 is 0 Å². The molecule has 0 aliphatic carbocycles. The fourth-order valence-corrected chi connectivity index (χ4v) is 1.06. The Kier molecular flexibility index (Phi) is 3.23. The van der Waals surface area contributed by atoms with Crippen LogP contribution in [0.3, 0.4) is 0 Å². The Morgan fingerprint density at radius 1 is 1.21 bits per heavy atom. The first-order valence-corrected chi connectivity index (χ1v) is 4.23. The molecule has 0 spiro atoms. The van der Waals surface area contributed by atoms with Gasteiger partial charge in [-0.3, -0.25) is 9.59 Å². The van der Waals surface area contributed by atoms with E-state index in [1.54, 1.807) is 25.2 Å². The summed E-state index contributed by atoms with van der Waals surface area (Å²) in [5, 5.41) is 5.37. The second-order valence-electron chi connectivity index (χ2n) is 2.83. The first-order chi connectivity index (χ1) is 6.63. The maximum Gasteiger partial charge on any atom is 0.221 e. The number of nitrogens with one attached hydrogen (secondary N) is 2. The summed E-state index contributed by atoms with van der Waals surface area (Å²) in [6.07, 6.45) is 0. The maximum absolute atomic E-state index is 11.3. The fraction of sp³-hybridized carbons (Fsp3) is 0.200. The number of amides is 1. The van der Waals surface area contributed by atoms with Gasteiger partial charge in [0.05, 0.1) is 5.69 Å². The van der Waals surface area contributed by atoms with Crippen molar-refractivity contribution in [3.63, 3.8) is 0 Å². The zero-order valence-electron chi connectivity index (χ0n) is 8.13. The lowest BCUT2D eigenvalue weighted by Crippen LogP contribution is -2.04. The van der Waals surface area contributed by atoms with Crippen LogP contribution in [0.5, 0.6) is 0 Å². The summed E-state index contributed by atoms with van der Waals surface area (Å²) in [7, 11) is 1.68. The van der Waals surface area contributed by atoms with Gasteiger partial charge in [0.15, 0.2) is 0 Å². The Balaban J connectivity index is 3.09. The highest BCUT2D eigenvalue weighted by Gasteiger charge is 1.96. The van der Waals surface area contributed by atoms with Gasteiger partial charge in [-0.2, -0.15) is 0 Å². The van der Waals surface area contributed by atoms with Gasteiger partial charge in [0.2, 0.25) is 11.3 Å². The molecule has 1 rings (SSSR count). The van der Waals surface area contributed by atoms with Gasteiger partial charge in [-0.1, -0.05) is 0 Å². The first-order valence-electron chi connectivity index (χ1n) is 4.23. The molecule has 0 aromatic heterocycles. The Hall–Kier alpha value is -1.84. The van der Waals surface area contributed by atoms with Crippen LogP contribution in [0.2, 0.25) is 0 Å². The first kappa shape index (κ1) is 10.2. The second kappa shape index (κ2) is 4.41. The summed E-state index contributed by atoms with van der Waals surface area (Å²) in [6.45, 7) is 1.42. The number of carbonyl (C=O) groups is 1. The molecule has 4 heteroatoms. The van der Waals surface area contributed by atoms with Crippen LogP contribution in [0.15, 0.2) is 29.1 Å². The summed E-state index contributed by atoms with van der Waals surface area (Å²) in [5.41, 5.74) is 1.00. The van der Waals surface area contributed by atoms with E-state index >= 15 is 0 Å². The minimum atomic E-state index is -0.158. The molecular weight excluding hydrogens is 180 g/mol. The SMILES string of the molecule is CNc1ccc(NC(C)=O)ccc1=O. The van der Waals surface area contributed by atoms with E-state index in [0.29, 0.717) is 11.4 Å².